The van der Waals surface area contributed by atoms with Crippen molar-refractivity contribution in [2.24, 2.45) is 17.0 Å². The predicted molar refractivity (Wildman–Crippen MR) is 100.0 cm³/mol. The maximum absolute atomic E-state index is 5.09. The van der Waals surface area contributed by atoms with Gasteiger partial charge in [-0.15, -0.1) is 0 Å². The first-order chi connectivity index (χ1) is 11.6. The molecule has 3 rings (SSSR count). The largest absolute Gasteiger partial charge is 0.399 e. The Hall–Kier alpha value is -1.75. The van der Waals surface area contributed by atoms with Crippen LogP contribution >= 0.6 is 15.9 Å². The highest BCUT2D eigenvalue weighted by molar-refractivity contribution is 9.10. The first-order valence-electron chi connectivity index (χ1n) is 8.29. The molecule has 0 amide bonds. The number of rotatable bonds is 4. The average molecular weight is 388 g/mol. The number of hydrogen-bond acceptors (Lipinski definition) is 4. The van der Waals surface area contributed by atoms with Crippen molar-refractivity contribution in [1.29, 1.82) is 0 Å². The molecule has 1 aliphatic rings. The molecule has 4 nitrogen and oxygen atoms in total. The van der Waals surface area contributed by atoms with E-state index in [0.717, 1.165) is 52.0 Å². The Balaban J connectivity index is 1.97. The van der Waals surface area contributed by atoms with Crippen LogP contribution in [0.2, 0.25) is 0 Å². The highest BCUT2D eigenvalue weighted by Crippen LogP contribution is 2.31. The molecule has 0 N–H and O–H groups in total. The molecule has 5 heteroatoms. The summed E-state index contributed by atoms with van der Waals surface area (Å²) in [5.41, 5.74) is 5.01. The topological polar surface area (TPSA) is 47.4 Å². The van der Waals surface area contributed by atoms with Crippen LogP contribution in [0.15, 0.2) is 40.0 Å². The zero-order valence-corrected chi connectivity index (χ0v) is 15.9. The predicted octanol–water partition coefficient (Wildman–Crippen LogP) is 4.87. The number of aromatic nitrogens is 2. The second-order valence-electron chi connectivity index (χ2n) is 6.72. The van der Waals surface area contributed by atoms with E-state index >= 15 is 0 Å². The van der Waals surface area contributed by atoms with E-state index in [9.17, 15) is 0 Å². The normalized spacial score (nSPS) is 18.7. The van der Waals surface area contributed by atoms with Gasteiger partial charge in [0, 0.05) is 15.6 Å². The van der Waals surface area contributed by atoms with Gasteiger partial charge in [-0.05, 0) is 49.3 Å². The third-order valence-corrected chi connectivity index (χ3v) is 4.82. The summed E-state index contributed by atoms with van der Waals surface area (Å²) in [5.74, 6) is 1.22. The third kappa shape index (κ3) is 3.83. The lowest BCUT2D eigenvalue weighted by molar-refractivity contribution is 0.211. The molecule has 2 aromatic rings. The van der Waals surface area contributed by atoms with Crippen molar-refractivity contribution in [3.63, 3.8) is 0 Å². The maximum Gasteiger partial charge on any atom is 0.106 e. The zero-order chi connectivity index (χ0) is 17.1. The summed E-state index contributed by atoms with van der Waals surface area (Å²) in [6.07, 6.45) is 3.06. The molecule has 1 atom stereocenters. The van der Waals surface area contributed by atoms with Gasteiger partial charge in [-0.1, -0.05) is 47.1 Å². The quantitative estimate of drug-likeness (QED) is 0.703. The second-order valence-corrected chi connectivity index (χ2v) is 7.64. The van der Waals surface area contributed by atoms with Gasteiger partial charge in [0.1, 0.15) is 7.11 Å². The van der Waals surface area contributed by atoms with Gasteiger partial charge in [0.15, 0.2) is 0 Å². The molecule has 1 aromatic carbocycles. The van der Waals surface area contributed by atoms with Crippen LogP contribution in [0.5, 0.6) is 0 Å². The lowest BCUT2D eigenvalue weighted by atomic mass is 9.81. The van der Waals surface area contributed by atoms with Crippen LogP contribution in [0.3, 0.4) is 0 Å². The summed E-state index contributed by atoms with van der Waals surface area (Å²) < 4.78 is 1.05. The van der Waals surface area contributed by atoms with E-state index in [2.05, 4.69) is 51.2 Å². The van der Waals surface area contributed by atoms with Crippen molar-refractivity contribution in [2.75, 3.05) is 7.11 Å². The average Bonchev–Trinajstić information content (AvgIpc) is 2.55. The molecule has 1 heterocycles. The summed E-state index contributed by atoms with van der Waals surface area (Å²) in [7, 11) is 1.60. The molecular weight excluding hydrogens is 366 g/mol. The van der Waals surface area contributed by atoms with E-state index in [1.165, 1.54) is 0 Å². The minimum Gasteiger partial charge on any atom is -0.399 e. The summed E-state index contributed by atoms with van der Waals surface area (Å²) in [4.78, 5) is 5.09. The molecule has 24 heavy (non-hydrogen) atoms. The van der Waals surface area contributed by atoms with Crippen molar-refractivity contribution in [3.8, 4) is 11.3 Å². The summed E-state index contributed by atoms with van der Waals surface area (Å²) in [6.45, 7) is 4.51. The number of benzene rings is 1. The van der Waals surface area contributed by atoms with Gasteiger partial charge >= 0.3 is 0 Å². The van der Waals surface area contributed by atoms with Crippen LogP contribution in [0.1, 0.15) is 37.9 Å². The van der Waals surface area contributed by atoms with Crippen LogP contribution in [-0.4, -0.2) is 23.0 Å². The number of halogens is 1. The lowest BCUT2D eigenvalue weighted by Gasteiger charge is -2.25. The van der Waals surface area contributed by atoms with Crippen molar-refractivity contribution in [1.82, 2.24) is 10.2 Å². The van der Waals surface area contributed by atoms with E-state index in [0.29, 0.717) is 11.8 Å². The van der Waals surface area contributed by atoms with E-state index < -0.39 is 0 Å². The number of nitrogens with zero attached hydrogens (tertiary/aromatic N) is 3. The molecule has 0 saturated heterocycles. The molecule has 0 bridgehead atoms. The molecule has 1 aromatic heterocycles. The van der Waals surface area contributed by atoms with Crippen LogP contribution in [0.4, 0.5) is 0 Å². The van der Waals surface area contributed by atoms with Crippen LogP contribution in [0.25, 0.3) is 11.3 Å². The van der Waals surface area contributed by atoms with Crippen molar-refractivity contribution < 1.29 is 4.84 Å². The molecule has 0 aliphatic heterocycles. The summed E-state index contributed by atoms with van der Waals surface area (Å²) in [6, 6.07) is 10.2. The molecule has 0 saturated carbocycles. The molecule has 126 valence electrons. The molecule has 0 radical (unpaired) electrons. The standard InChI is InChI=1S/C19H22BrN3O/c1-12(2)8-13-9-18-16(19(10-13)23-24-3)11-17(21-22-18)14-4-6-15(20)7-5-14/h4-7,11-13H,8-10H2,1-3H3. The first-order valence-corrected chi connectivity index (χ1v) is 9.09. The highest BCUT2D eigenvalue weighted by Gasteiger charge is 2.27. The van der Waals surface area contributed by atoms with Gasteiger partial charge in [0.05, 0.1) is 17.1 Å². The Bertz CT molecular complexity index is 741. The second kappa shape index (κ2) is 7.43. The molecule has 1 unspecified atom stereocenters. The Morgan fingerprint density at radius 2 is 1.96 bits per heavy atom. The fourth-order valence-electron chi connectivity index (χ4n) is 3.34. The maximum atomic E-state index is 5.09. The Labute approximate surface area is 151 Å². The first kappa shape index (κ1) is 17.1. The van der Waals surface area contributed by atoms with E-state index in [-0.39, 0.29) is 0 Å². The minimum absolute atomic E-state index is 0.555. The van der Waals surface area contributed by atoms with Gasteiger partial charge in [0.2, 0.25) is 0 Å². The Kier molecular flexibility index (Phi) is 5.29. The Morgan fingerprint density at radius 1 is 1.21 bits per heavy atom. The number of fused-ring (bicyclic) bond motifs is 1. The molecule has 0 spiro atoms. The van der Waals surface area contributed by atoms with E-state index in [1.54, 1.807) is 7.11 Å². The van der Waals surface area contributed by atoms with Gasteiger partial charge in [-0.25, -0.2) is 0 Å². The van der Waals surface area contributed by atoms with E-state index in [1.807, 2.05) is 24.3 Å². The third-order valence-electron chi connectivity index (χ3n) is 4.29. The van der Waals surface area contributed by atoms with Crippen LogP contribution in [0, 0.1) is 11.8 Å². The van der Waals surface area contributed by atoms with Crippen LogP contribution in [-0.2, 0) is 11.3 Å². The fraction of sp³-hybridized carbons (Fsp3) is 0.421. The minimum atomic E-state index is 0.555. The Morgan fingerprint density at radius 3 is 2.62 bits per heavy atom. The van der Waals surface area contributed by atoms with Crippen molar-refractivity contribution in [3.05, 3.63) is 46.1 Å². The zero-order valence-electron chi connectivity index (χ0n) is 14.3. The highest BCUT2D eigenvalue weighted by atomic mass is 79.9. The summed E-state index contributed by atoms with van der Waals surface area (Å²) >= 11 is 3.46. The van der Waals surface area contributed by atoms with Crippen LogP contribution < -0.4 is 0 Å². The van der Waals surface area contributed by atoms with Gasteiger partial charge in [-0.2, -0.15) is 10.2 Å². The van der Waals surface area contributed by atoms with E-state index in [4.69, 9.17) is 4.84 Å². The van der Waals surface area contributed by atoms with Crippen molar-refractivity contribution >= 4 is 21.6 Å². The monoisotopic (exact) mass is 387 g/mol. The smallest absolute Gasteiger partial charge is 0.106 e. The molecule has 0 fully saturated rings. The van der Waals surface area contributed by atoms with Gasteiger partial charge < -0.3 is 4.84 Å². The SMILES string of the molecule is CON=C1CC(CC(C)C)Cc2nnc(-c3ccc(Br)cc3)cc21. The van der Waals surface area contributed by atoms with Gasteiger partial charge in [-0.3, -0.25) is 0 Å². The molecular formula is C19H22BrN3O. The van der Waals surface area contributed by atoms with Crippen molar-refractivity contribution in [2.45, 2.75) is 33.1 Å². The number of oxime groups is 1. The lowest BCUT2D eigenvalue weighted by Crippen LogP contribution is -2.24. The summed E-state index contributed by atoms with van der Waals surface area (Å²) in [5, 5.41) is 13.2. The number of hydrogen-bond donors (Lipinski definition) is 0. The van der Waals surface area contributed by atoms with Gasteiger partial charge in [0.25, 0.3) is 0 Å². The fourth-order valence-corrected chi connectivity index (χ4v) is 3.60. The molecule has 1 aliphatic carbocycles.